The summed E-state index contributed by atoms with van der Waals surface area (Å²) in [6, 6.07) is 0. The SMILES string of the molecule is C.C.[CH3-].[CH3-].[CH3-].[CH3-].[Y].[Y]. The van der Waals surface area contributed by atoms with E-state index in [2.05, 4.69) is 0 Å². The number of hydrogen-bond acceptors (Lipinski definition) is 0. The summed E-state index contributed by atoms with van der Waals surface area (Å²) in [5.41, 5.74) is 0. The third kappa shape index (κ3) is 87.5. The molecule has 0 amide bonds. The molecular weight excluding hydrogens is 250 g/mol. The van der Waals surface area contributed by atoms with Crippen LogP contribution in [0.25, 0.3) is 0 Å². The second kappa shape index (κ2) is 127. The average Bonchev–Trinajstić information content (AvgIpc) is 0. The zero-order chi connectivity index (χ0) is 0. The van der Waals surface area contributed by atoms with E-state index in [0.717, 1.165) is 0 Å². The Hall–Kier alpha value is 2.21. The monoisotopic (exact) mass is 270 g/mol. The van der Waals surface area contributed by atoms with Crippen LogP contribution in [0.1, 0.15) is 14.9 Å². The Morgan fingerprint density at radius 3 is 0.375 bits per heavy atom. The molecule has 0 N–H and O–H groups in total. The summed E-state index contributed by atoms with van der Waals surface area (Å²) in [7, 11) is 0. The molecule has 0 nitrogen and oxygen atoms in total. The van der Waals surface area contributed by atoms with Crippen molar-refractivity contribution in [1.82, 2.24) is 0 Å². The zero-order valence-electron chi connectivity index (χ0n) is 5.15. The van der Waals surface area contributed by atoms with Gasteiger partial charge in [-0.1, -0.05) is 14.9 Å². The predicted octanol–water partition coefficient (Wildman–Crippen LogP) is 3.07. The normalized spacial score (nSPS) is 0. The quantitative estimate of drug-likeness (QED) is 0.593. The maximum absolute atomic E-state index is 0. The minimum absolute atomic E-state index is 0. The first-order valence-electron chi connectivity index (χ1n) is 0. The first kappa shape index (κ1) is 178. The first-order valence-corrected chi connectivity index (χ1v) is 0. The van der Waals surface area contributed by atoms with Gasteiger partial charge < -0.3 is 29.7 Å². The van der Waals surface area contributed by atoms with Crippen molar-refractivity contribution >= 4 is 0 Å². The molecular formula is C6H20Y2-4. The van der Waals surface area contributed by atoms with E-state index in [1.807, 2.05) is 0 Å². The fraction of sp³-hybridized carbons (Fsp3) is 0.333. The molecule has 0 saturated heterocycles. The Labute approximate surface area is 108 Å². The summed E-state index contributed by atoms with van der Waals surface area (Å²) in [4.78, 5) is 0. The van der Waals surface area contributed by atoms with Gasteiger partial charge in [0.25, 0.3) is 0 Å². The van der Waals surface area contributed by atoms with Crippen molar-refractivity contribution in [3.8, 4) is 0 Å². The van der Waals surface area contributed by atoms with Gasteiger partial charge in [-0.2, -0.15) is 0 Å². The Bertz CT molecular complexity index is 6.49. The van der Waals surface area contributed by atoms with E-state index in [9.17, 15) is 0 Å². The van der Waals surface area contributed by atoms with Crippen LogP contribution in [-0.4, -0.2) is 0 Å². The van der Waals surface area contributed by atoms with E-state index in [0.29, 0.717) is 0 Å². The molecule has 0 saturated carbocycles. The van der Waals surface area contributed by atoms with Gasteiger partial charge in [0.05, 0.1) is 0 Å². The molecule has 0 atom stereocenters. The molecule has 2 radical (unpaired) electrons. The van der Waals surface area contributed by atoms with Crippen LogP contribution in [0.2, 0.25) is 0 Å². The summed E-state index contributed by atoms with van der Waals surface area (Å²) in [6.07, 6.45) is 0. The molecule has 0 bridgehead atoms. The Morgan fingerprint density at radius 1 is 0.375 bits per heavy atom. The molecule has 8 heavy (non-hydrogen) atoms. The van der Waals surface area contributed by atoms with Gasteiger partial charge in [-0.05, 0) is 0 Å². The molecule has 54 valence electrons. The average molecular weight is 270 g/mol. The van der Waals surface area contributed by atoms with Gasteiger partial charge in [0.2, 0.25) is 0 Å². The van der Waals surface area contributed by atoms with Gasteiger partial charge in [0.1, 0.15) is 0 Å². The maximum atomic E-state index is 0. The van der Waals surface area contributed by atoms with Crippen molar-refractivity contribution in [2.45, 2.75) is 14.9 Å². The molecule has 0 aromatic rings. The van der Waals surface area contributed by atoms with Crippen molar-refractivity contribution in [3.63, 3.8) is 0 Å². The maximum Gasteiger partial charge on any atom is 0 e. The van der Waals surface area contributed by atoms with Crippen LogP contribution in [0.3, 0.4) is 0 Å². The first-order chi connectivity index (χ1) is 0. The van der Waals surface area contributed by atoms with Crippen molar-refractivity contribution in [1.29, 1.82) is 0 Å². The molecule has 0 heterocycles. The third-order valence-electron chi connectivity index (χ3n) is 0. The van der Waals surface area contributed by atoms with E-state index >= 15 is 0 Å². The van der Waals surface area contributed by atoms with E-state index < -0.39 is 0 Å². The molecule has 2 heteroatoms. The van der Waals surface area contributed by atoms with Crippen LogP contribution in [0.5, 0.6) is 0 Å². The molecule has 0 rings (SSSR count). The van der Waals surface area contributed by atoms with Gasteiger partial charge in [-0.3, -0.25) is 0 Å². The van der Waals surface area contributed by atoms with Crippen molar-refractivity contribution < 1.29 is 65.4 Å². The molecule has 0 aliphatic heterocycles. The number of rotatable bonds is 0. The van der Waals surface area contributed by atoms with E-state index in [4.69, 9.17) is 0 Å². The molecule has 0 unspecified atom stereocenters. The largest absolute Gasteiger partial charge is 0.358 e. The van der Waals surface area contributed by atoms with Crippen molar-refractivity contribution in [2.75, 3.05) is 0 Å². The van der Waals surface area contributed by atoms with Crippen LogP contribution < -0.4 is 0 Å². The molecule has 0 aromatic heterocycles. The smallest absolute Gasteiger partial charge is 0 e. The van der Waals surface area contributed by atoms with Gasteiger partial charge >= 0.3 is 0 Å². The Balaban J connectivity index is 0. The van der Waals surface area contributed by atoms with E-state index in [-0.39, 0.29) is 110 Å². The van der Waals surface area contributed by atoms with Crippen LogP contribution in [-0.2, 0) is 65.4 Å². The van der Waals surface area contributed by atoms with Crippen LogP contribution in [0.4, 0.5) is 0 Å². The molecule has 0 aliphatic carbocycles. The fourth-order valence-corrected chi connectivity index (χ4v) is 0. The fourth-order valence-electron chi connectivity index (χ4n) is 0. The topological polar surface area (TPSA) is 0 Å². The Morgan fingerprint density at radius 2 is 0.375 bits per heavy atom. The summed E-state index contributed by atoms with van der Waals surface area (Å²) in [6.45, 7) is 0. The summed E-state index contributed by atoms with van der Waals surface area (Å²) in [5, 5.41) is 0. The second-order valence-corrected chi connectivity index (χ2v) is 0. The van der Waals surface area contributed by atoms with E-state index in [1.165, 1.54) is 0 Å². The number of hydrogen-bond donors (Lipinski definition) is 0. The van der Waals surface area contributed by atoms with Crippen LogP contribution in [0.15, 0.2) is 0 Å². The minimum atomic E-state index is 0. The summed E-state index contributed by atoms with van der Waals surface area (Å²) >= 11 is 0. The van der Waals surface area contributed by atoms with E-state index in [1.54, 1.807) is 0 Å². The Kier molecular flexibility index (Phi) is 2820. The van der Waals surface area contributed by atoms with Crippen LogP contribution in [0, 0.1) is 29.7 Å². The summed E-state index contributed by atoms with van der Waals surface area (Å²) in [5.74, 6) is 0. The minimum Gasteiger partial charge on any atom is -0.358 e. The van der Waals surface area contributed by atoms with Crippen molar-refractivity contribution in [3.05, 3.63) is 29.7 Å². The van der Waals surface area contributed by atoms with Gasteiger partial charge in [0.15, 0.2) is 0 Å². The standard InChI is InChI=1S/2CH4.4CH3.2Y/h2*1H4;4*1H3;;/q;;4*-1;;. The second-order valence-electron chi connectivity index (χ2n) is 0. The third-order valence-corrected chi connectivity index (χ3v) is 0. The van der Waals surface area contributed by atoms with Gasteiger partial charge in [-0.15, -0.1) is 0 Å². The van der Waals surface area contributed by atoms with Crippen LogP contribution >= 0.6 is 0 Å². The zero-order valence-corrected chi connectivity index (χ0v) is 10.8. The molecule has 0 fully saturated rings. The predicted molar refractivity (Wildman–Crippen MR) is 39.1 cm³/mol. The molecule has 0 aromatic carbocycles. The molecule has 0 spiro atoms. The van der Waals surface area contributed by atoms with Gasteiger partial charge in [0, 0.05) is 65.4 Å². The summed E-state index contributed by atoms with van der Waals surface area (Å²) < 4.78 is 0. The van der Waals surface area contributed by atoms with Crippen molar-refractivity contribution in [2.24, 2.45) is 0 Å². The molecule has 0 aliphatic rings. The van der Waals surface area contributed by atoms with Gasteiger partial charge in [-0.25, -0.2) is 0 Å².